The molecule has 0 spiro atoms. The van der Waals surface area contributed by atoms with E-state index in [-0.39, 0.29) is 27.5 Å². The summed E-state index contributed by atoms with van der Waals surface area (Å²) in [7, 11) is -2.32. The van der Waals surface area contributed by atoms with E-state index in [4.69, 9.17) is 21.5 Å². The van der Waals surface area contributed by atoms with Gasteiger partial charge in [0, 0.05) is 30.8 Å². The molecule has 0 aliphatic carbocycles. The summed E-state index contributed by atoms with van der Waals surface area (Å²) in [6.07, 6.45) is 0.760. The van der Waals surface area contributed by atoms with Crippen molar-refractivity contribution < 1.29 is 17.9 Å². The number of hydrogen-bond donors (Lipinski definition) is 1. The van der Waals surface area contributed by atoms with Gasteiger partial charge in [0.1, 0.15) is 0 Å². The van der Waals surface area contributed by atoms with Gasteiger partial charge in [0.2, 0.25) is 10.0 Å². The first-order chi connectivity index (χ1) is 9.74. The van der Waals surface area contributed by atoms with Crippen LogP contribution in [0.3, 0.4) is 0 Å². The van der Waals surface area contributed by atoms with E-state index >= 15 is 0 Å². The second-order valence-corrected chi connectivity index (χ2v) is 6.99. The predicted molar refractivity (Wildman–Crippen MR) is 78.9 cm³/mol. The minimum Gasteiger partial charge on any atom is -0.380 e. The van der Waals surface area contributed by atoms with Gasteiger partial charge in [-0.05, 0) is 31.0 Å². The van der Waals surface area contributed by atoms with Crippen molar-refractivity contribution in [1.29, 1.82) is 0 Å². The number of benzene rings is 1. The Hall–Kier alpha value is -1.15. The highest BCUT2D eigenvalue weighted by Gasteiger charge is 2.28. The van der Waals surface area contributed by atoms with Crippen LogP contribution in [0.1, 0.15) is 22.3 Å². The van der Waals surface area contributed by atoms with Crippen molar-refractivity contribution in [3.05, 3.63) is 28.3 Å². The van der Waals surface area contributed by atoms with Crippen LogP contribution < -0.4 is 5.14 Å². The van der Waals surface area contributed by atoms with E-state index in [9.17, 15) is 13.2 Å². The van der Waals surface area contributed by atoms with Crippen molar-refractivity contribution in [3.63, 3.8) is 0 Å². The number of rotatable bonds is 3. The van der Waals surface area contributed by atoms with E-state index in [1.54, 1.807) is 18.9 Å². The van der Waals surface area contributed by atoms with Crippen molar-refractivity contribution in [3.8, 4) is 0 Å². The Morgan fingerprint density at radius 1 is 1.48 bits per heavy atom. The van der Waals surface area contributed by atoms with E-state index in [0.717, 1.165) is 6.42 Å². The molecular formula is C13H17ClN2O4S. The van der Waals surface area contributed by atoms with Gasteiger partial charge in [-0.3, -0.25) is 4.79 Å². The van der Waals surface area contributed by atoms with Crippen molar-refractivity contribution >= 4 is 27.5 Å². The van der Waals surface area contributed by atoms with Crippen molar-refractivity contribution in [2.75, 3.05) is 20.2 Å². The molecule has 1 heterocycles. The van der Waals surface area contributed by atoms with Crippen molar-refractivity contribution in [1.82, 2.24) is 4.90 Å². The maximum atomic E-state index is 12.5. The number of carbonyl (C=O) groups excluding carboxylic acids is 1. The summed E-state index contributed by atoms with van der Waals surface area (Å²) in [6.45, 7) is 2.71. The molecule has 0 bridgehead atoms. The Labute approximate surface area is 128 Å². The van der Waals surface area contributed by atoms with Crippen LogP contribution >= 0.6 is 11.6 Å². The Bertz CT molecular complexity index is 675. The number of methoxy groups -OCH3 is 1. The molecule has 2 rings (SSSR count). The highest BCUT2D eigenvalue weighted by molar-refractivity contribution is 7.89. The molecule has 21 heavy (non-hydrogen) atoms. The number of carbonyl (C=O) groups is 1. The third kappa shape index (κ3) is 3.37. The zero-order chi connectivity index (χ0) is 15.8. The van der Waals surface area contributed by atoms with Crippen LogP contribution in [0.15, 0.2) is 17.0 Å². The molecule has 1 aromatic carbocycles. The minimum atomic E-state index is -3.92. The summed E-state index contributed by atoms with van der Waals surface area (Å²) >= 11 is 6.02. The van der Waals surface area contributed by atoms with E-state index in [2.05, 4.69) is 0 Å². The maximum Gasteiger partial charge on any atom is 0.254 e. The van der Waals surface area contributed by atoms with Crippen LogP contribution in [0.2, 0.25) is 5.02 Å². The molecule has 1 aliphatic heterocycles. The summed E-state index contributed by atoms with van der Waals surface area (Å²) in [5, 5.41) is 5.31. The zero-order valence-electron chi connectivity index (χ0n) is 11.8. The summed E-state index contributed by atoms with van der Waals surface area (Å²) in [5.74, 6) is -0.264. The van der Waals surface area contributed by atoms with Crippen LogP contribution in [-0.4, -0.2) is 45.5 Å². The smallest absolute Gasteiger partial charge is 0.254 e. The van der Waals surface area contributed by atoms with Crippen LogP contribution in [-0.2, 0) is 14.8 Å². The Balaban J connectivity index is 2.39. The fraction of sp³-hybridized carbons (Fsp3) is 0.462. The predicted octanol–water partition coefficient (Wildman–Crippen LogP) is 1.16. The molecule has 1 saturated heterocycles. The second kappa shape index (κ2) is 5.92. The van der Waals surface area contributed by atoms with Gasteiger partial charge in [-0.2, -0.15) is 0 Å². The SMILES string of the molecule is COC1CCN(C(=O)c2cc(S(N)(=O)=O)cc(Cl)c2C)C1. The van der Waals surface area contributed by atoms with Gasteiger partial charge in [-0.25, -0.2) is 13.6 Å². The molecule has 0 radical (unpaired) electrons. The molecule has 1 fully saturated rings. The van der Waals surface area contributed by atoms with Gasteiger partial charge in [0.05, 0.1) is 11.0 Å². The number of likely N-dealkylation sites (tertiary alicyclic amines) is 1. The number of hydrogen-bond acceptors (Lipinski definition) is 4. The molecule has 1 aromatic rings. The Kier molecular flexibility index (Phi) is 4.57. The van der Waals surface area contributed by atoms with Gasteiger partial charge < -0.3 is 9.64 Å². The van der Waals surface area contributed by atoms with Gasteiger partial charge in [-0.1, -0.05) is 11.6 Å². The van der Waals surface area contributed by atoms with Crippen molar-refractivity contribution in [2.24, 2.45) is 5.14 Å². The van der Waals surface area contributed by atoms with Crippen LogP contribution in [0.5, 0.6) is 0 Å². The molecule has 116 valence electrons. The van der Waals surface area contributed by atoms with E-state index in [0.29, 0.717) is 18.7 Å². The molecule has 1 amide bonds. The van der Waals surface area contributed by atoms with E-state index in [1.807, 2.05) is 0 Å². The maximum absolute atomic E-state index is 12.5. The summed E-state index contributed by atoms with van der Waals surface area (Å²) < 4.78 is 28.2. The number of ether oxygens (including phenoxy) is 1. The Morgan fingerprint density at radius 3 is 2.67 bits per heavy atom. The lowest BCUT2D eigenvalue weighted by Gasteiger charge is -2.18. The Morgan fingerprint density at radius 2 is 2.14 bits per heavy atom. The third-order valence-corrected chi connectivity index (χ3v) is 4.93. The number of sulfonamides is 1. The quantitative estimate of drug-likeness (QED) is 0.899. The average molecular weight is 333 g/mol. The van der Waals surface area contributed by atoms with E-state index < -0.39 is 10.0 Å². The second-order valence-electron chi connectivity index (χ2n) is 5.02. The van der Waals surface area contributed by atoms with Gasteiger partial charge in [0.25, 0.3) is 5.91 Å². The fourth-order valence-corrected chi connectivity index (χ4v) is 3.16. The highest BCUT2D eigenvalue weighted by atomic mass is 35.5. The molecule has 1 unspecified atom stereocenters. The summed E-state index contributed by atoms with van der Waals surface area (Å²) in [6, 6.07) is 2.53. The monoisotopic (exact) mass is 332 g/mol. The lowest BCUT2D eigenvalue weighted by Crippen LogP contribution is -2.30. The topological polar surface area (TPSA) is 89.7 Å². The molecule has 1 aliphatic rings. The summed E-state index contributed by atoms with van der Waals surface area (Å²) in [5.41, 5.74) is 0.790. The lowest BCUT2D eigenvalue weighted by atomic mass is 10.1. The van der Waals surface area contributed by atoms with Gasteiger partial charge >= 0.3 is 0 Å². The molecular weight excluding hydrogens is 316 g/mol. The molecule has 1 atom stereocenters. The fourth-order valence-electron chi connectivity index (χ4n) is 2.32. The van der Waals surface area contributed by atoms with Gasteiger partial charge in [0.15, 0.2) is 0 Å². The highest BCUT2D eigenvalue weighted by Crippen LogP contribution is 2.26. The molecule has 0 saturated carbocycles. The first-order valence-electron chi connectivity index (χ1n) is 6.39. The first-order valence-corrected chi connectivity index (χ1v) is 8.31. The van der Waals surface area contributed by atoms with Crippen LogP contribution in [0.4, 0.5) is 0 Å². The van der Waals surface area contributed by atoms with Crippen LogP contribution in [0.25, 0.3) is 0 Å². The van der Waals surface area contributed by atoms with Gasteiger partial charge in [-0.15, -0.1) is 0 Å². The van der Waals surface area contributed by atoms with Crippen LogP contribution in [0, 0.1) is 6.92 Å². The normalized spacial score (nSPS) is 19.0. The molecule has 6 nitrogen and oxygen atoms in total. The average Bonchev–Trinajstić information content (AvgIpc) is 2.88. The first kappa shape index (κ1) is 16.2. The molecule has 0 aromatic heterocycles. The van der Waals surface area contributed by atoms with Crippen molar-refractivity contribution in [2.45, 2.75) is 24.3 Å². The number of nitrogens with zero attached hydrogens (tertiary/aromatic N) is 1. The number of primary sulfonamides is 1. The van der Waals surface area contributed by atoms with E-state index in [1.165, 1.54) is 12.1 Å². The standard InChI is InChI=1S/C13H17ClN2O4S/c1-8-11(5-10(6-12(8)14)21(15,18)19)13(17)16-4-3-9(7-16)20-2/h5-6,9H,3-4,7H2,1-2H3,(H2,15,18,19). The molecule has 8 heteroatoms. The lowest BCUT2D eigenvalue weighted by molar-refractivity contribution is 0.0723. The minimum absolute atomic E-state index is 0.00570. The molecule has 2 N–H and O–H groups in total. The number of halogens is 1. The number of nitrogens with two attached hydrogens (primary N) is 1. The summed E-state index contributed by atoms with van der Waals surface area (Å²) in [4.78, 5) is 14.0. The zero-order valence-corrected chi connectivity index (χ0v) is 13.4. The largest absolute Gasteiger partial charge is 0.380 e. The third-order valence-electron chi connectivity index (χ3n) is 3.64. The number of amides is 1.